The first-order valence-corrected chi connectivity index (χ1v) is 11.5. The van der Waals surface area contributed by atoms with Crippen LogP contribution in [0.15, 0.2) is 35.1 Å². The molecule has 178 valence electrons. The lowest BCUT2D eigenvalue weighted by Gasteiger charge is -2.19. The minimum atomic E-state index is -0.599. The Balaban J connectivity index is 1.57. The van der Waals surface area contributed by atoms with Crippen molar-refractivity contribution in [1.82, 2.24) is 19.5 Å². The van der Waals surface area contributed by atoms with Crippen LogP contribution in [0.3, 0.4) is 0 Å². The second-order valence-corrected chi connectivity index (χ2v) is 9.65. The van der Waals surface area contributed by atoms with Gasteiger partial charge >= 0.3 is 5.97 Å². The van der Waals surface area contributed by atoms with Gasteiger partial charge in [-0.05, 0) is 62.9 Å². The molecule has 10 heteroatoms. The van der Waals surface area contributed by atoms with Gasteiger partial charge in [0.1, 0.15) is 17.1 Å². The molecule has 0 aliphatic heterocycles. The average Bonchev–Trinajstić information content (AvgIpc) is 3.40. The number of imidazole rings is 1. The lowest BCUT2D eigenvalue weighted by molar-refractivity contribution is -0.154. The minimum Gasteiger partial charge on any atom is -0.460 e. The molecule has 0 aliphatic carbocycles. The molecule has 0 saturated heterocycles. The van der Waals surface area contributed by atoms with Crippen LogP contribution in [0, 0.1) is 5.82 Å². The fourth-order valence-corrected chi connectivity index (χ4v) is 3.98. The largest absolute Gasteiger partial charge is 0.460 e. The zero-order valence-electron chi connectivity index (χ0n) is 19.2. The van der Waals surface area contributed by atoms with Crippen LogP contribution in [0.25, 0.3) is 28.6 Å². The number of fused-ring (bicyclic) bond motifs is 1. The average molecular weight is 505 g/mol. The smallest absolute Gasteiger partial charge is 0.306 e. The van der Waals surface area contributed by atoms with Gasteiger partial charge < -0.3 is 13.7 Å². The summed E-state index contributed by atoms with van der Waals surface area (Å²) in [7, 11) is 0. The third-order valence-electron chi connectivity index (χ3n) is 5.01. The Labute approximate surface area is 205 Å². The number of hydrogen-bond acceptors (Lipinski definition) is 6. The monoisotopic (exact) mass is 504 g/mol. The van der Waals surface area contributed by atoms with Crippen LogP contribution in [0.2, 0.25) is 10.0 Å². The number of ether oxygens (including phenoxy) is 1. The Morgan fingerprint density at radius 1 is 1.15 bits per heavy atom. The highest BCUT2D eigenvalue weighted by Gasteiger charge is 2.20. The maximum Gasteiger partial charge on any atom is 0.306 e. The first-order chi connectivity index (χ1) is 16.0. The van der Waals surface area contributed by atoms with Crippen LogP contribution in [0.5, 0.6) is 0 Å². The molecule has 0 saturated carbocycles. The van der Waals surface area contributed by atoms with E-state index in [0.29, 0.717) is 21.9 Å². The van der Waals surface area contributed by atoms with Crippen molar-refractivity contribution in [2.45, 2.75) is 52.6 Å². The van der Waals surface area contributed by atoms with Crippen molar-refractivity contribution in [3.63, 3.8) is 0 Å². The number of halogens is 3. The third-order valence-corrected chi connectivity index (χ3v) is 5.60. The van der Waals surface area contributed by atoms with Gasteiger partial charge in [0.2, 0.25) is 5.82 Å². The van der Waals surface area contributed by atoms with Gasteiger partial charge in [-0.15, -0.1) is 0 Å². The molecule has 1 aromatic carbocycles. The molecular formula is C24H23Cl2FN4O3. The quantitative estimate of drug-likeness (QED) is 0.285. The lowest BCUT2D eigenvalue weighted by Crippen LogP contribution is -2.24. The zero-order valence-corrected chi connectivity index (χ0v) is 20.7. The normalized spacial score (nSPS) is 11.9. The highest BCUT2D eigenvalue weighted by molar-refractivity contribution is 6.33. The Hall–Kier alpha value is -2.97. The molecule has 4 aromatic rings. The summed E-state index contributed by atoms with van der Waals surface area (Å²) >= 11 is 12.7. The van der Waals surface area contributed by atoms with Crippen LogP contribution in [-0.2, 0) is 22.4 Å². The molecule has 0 unspecified atom stereocenters. The molecule has 0 amide bonds. The lowest BCUT2D eigenvalue weighted by atomic mass is 10.1. The van der Waals surface area contributed by atoms with Crippen LogP contribution in [0.1, 0.15) is 45.2 Å². The van der Waals surface area contributed by atoms with Gasteiger partial charge in [0.15, 0.2) is 5.65 Å². The summed E-state index contributed by atoms with van der Waals surface area (Å²) < 4.78 is 27.2. The van der Waals surface area contributed by atoms with Gasteiger partial charge in [-0.25, -0.2) is 9.37 Å². The van der Waals surface area contributed by atoms with Gasteiger partial charge in [-0.1, -0.05) is 35.3 Å². The van der Waals surface area contributed by atoms with E-state index >= 15 is 0 Å². The van der Waals surface area contributed by atoms with E-state index in [1.165, 1.54) is 12.1 Å². The molecule has 7 nitrogen and oxygen atoms in total. The summed E-state index contributed by atoms with van der Waals surface area (Å²) in [5.41, 5.74) is 2.02. The molecule has 0 spiro atoms. The van der Waals surface area contributed by atoms with Crippen LogP contribution < -0.4 is 0 Å². The number of pyridine rings is 1. The predicted molar refractivity (Wildman–Crippen MR) is 127 cm³/mol. The first-order valence-electron chi connectivity index (χ1n) is 10.8. The van der Waals surface area contributed by atoms with Crippen LogP contribution >= 0.6 is 23.2 Å². The molecule has 0 fully saturated rings. The Bertz CT molecular complexity index is 1370. The molecule has 3 heterocycles. The number of benzene rings is 1. The summed E-state index contributed by atoms with van der Waals surface area (Å²) in [5.74, 6) is -0.664. The van der Waals surface area contributed by atoms with Crippen molar-refractivity contribution in [3.8, 4) is 23.0 Å². The molecule has 4 rings (SSSR count). The van der Waals surface area contributed by atoms with Gasteiger partial charge in [0.05, 0.1) is 10.0 Å². The van der Waals surface area contributed by atoms with Crippen molar-refractivity contribution >= 4 is 34.8 Å². The van der Waals surface area contributed by atoms with E-state index in [0.717, 1.165) is 12.0 Å². The Morgan fingerprint density at radius 3 is 2.62 bits per heavy atom. The van der Waals surface area contributed by atoms with E-state index in [2.05, 4.69) is 15.1 Å². The number of nitrogens with zero attached hydrogens (tertiary/aromatic N) is 4. The SMILES string of the molecule is CCc1cc(Cl)c2nc(-c3nc(-c4cc(F)c(CCC(=O)OC(C)(C)C)cc4Cl)no3)cn2c1. The number of aromatic nitrogens is 4. The number of rotatable bonds is 6. The topological polar surface area (TPSA) is 82.5 Å². The van der Waals surface area contributed by atoms with Gasteiger partial charge in [0, 0.05) is 24.4 Å². The van der Waals surface area contributed by atoms with Crippen LogP contribution in [0.4, 0.5) is 4.39 Å². The fourth-order valence-electron chi connectivity index (χ4n) is 3.43. The molecule has 0 aliphatic rings. The van der Waals surface area contributed by atoms with Crippen molar-refractivity contribution < 1.29 is 18.4 Å². The molecule has 34 heavy (non-hydrogen) atoms. The highest BCUT2D eigenvalue weighted by atomic mass is 35.5. The fraction of sp³-hybridized carbons (Fsp3) is 0.333. The van der Waals surface area contributed by atoms with Crippen molar-refractivity contribution in [2.75, 3.05) is 0 Å². The number of aryl methyl sites for hydroxylation is 2. The van der Waals surface area contributed by atoms with Gasteiger partial charge in [-0.2, -0.15) is 4.98 Å². The number of hydrogen-bond donors (Lipinski definition) is 0. The summed E-state index contributed by atoms with van der Waals surface area (Å²) in [5, 5.41) is 4.69. The maximum atomic E-state index is 14.8. The molecule has 0 atom stereocenters. The minimum absolute atomic E-state index is 0.0341. The van der Waals surface area contributed by atoms with E-state index in [-0.39, 0.29) is 35.1 Å². The summed E-state index contributed by atoms with van der Waals surface area (Å²) in [6.07, 6.45) is 4.68. The van der Waals surface area contributed by atoms with Crippen molar-refractivity contribution in [2.24, 2.45) is 0 Å². The molecule has 3 aromatic heterocycles. The Kier molecular flexibility index (Phi) is 6.64. The number of esters is 1. The molecular weight excluding hydrogens is 482 g/mol. The number of carbonyl (C=O) groups is 1. The van der Waals surface area contributed by atoms with E-state index < -0.39 is 17.4 Å². The van der Waals surface area contributed by atoms with E-state index in [4.69, 9.17) is 32.5 Å². The Morgan fingerprint density at radius 2 is 1.91 bits per heavy atom. The van der Waals surface area contributed by atoms with Crippen molar-refractivity contribution in [1.29, 1.82) is 0 Å². The first kappa shape index (κ1) is 24.2. The zero-order chi connectivity index (χ0) is 24.6. The third kappa shape index (κ3) is 5.23. The maximum absolute atomic E-state index is 14.8. The molecule has 0 bridgehead atoms. The van der Waals surface area contributed by atoms with Gasteiger partial charge in [-0.3, -0.25) is 4.79 Å². The highest BCUT2D eigenvalue weighted by Crippen LogP contribution is 2.31. The summed E-state index contributed by atoms with van der Waals surface area (Å²) in [6, 6.07) is 4.55. The standard InChI is InChI=1S/C24H23Cl2FN4O3/c1-5-13-8-17(26)22-28-19(12-31(22)11-13)23-29-21(30-34-23)15-10-18(27)14(9-16(15)25)6-7-20(32)33-24(2,3)4/h8-12H,5-7H2,1-4H3. The van der Waals surface area contributed by atoms with Crippen molar-refractivity contribution in [3.05, 3.63) is 57.6 Å². The van der Waals surface area contributed by atoms with E-state index in [1.54, 1.807) is 31.4 Å². The number of carbonyl (C=O) groups excluding carboxylic acids is 1. The second kappa shape index (κ2) is 9.35. The summed E-state index contributed by atoms with van der Waals surface area (Å²) in [6.45, 7) is 7.37. The summed E-state index contributed by atoms with van der Waals surface area (Å²) in [4.78, 5) is 20.8. The molecule has 0 radical (unpaired) electrons. The molecule has 0 N–H and O–H groups in total. The second-order valence-electron chi connectivity index (χ2n) is 8.84. The van der Waals surface area contributed by atoms with E-state index in [1.807, 2.05) is 19.2 Å². The van der Waals surface area contributed by atoms with Crippen LogP contribution in [-0.4, -0.2) is 31.1 Å². The van der Waals surface area contributed by atoms with Gasteiger partial charge in [0.25, 0.3) is 5.89 Å². The van der Waals surface area contributed by atoms with E-state index in [9.17, 15) is 9.18 Å². The predicted octanol–water partition coefficient (Wildman–Crippen LogP) is 6.33.